The van der Waals surface area contributed by atoms with E-state index in [2.05, 4.69) is 20.0 Å². The van der Waals surface area contributed by atoms with Gasteiger partial charge in [0.15, 0.2) is 0 Å². The van der Waals surface area contributed by atoms with Crippen LogP contribution in [0.25, 0.3) is 11.0 Å². The van der Waals surface area contributed by atoms with Gasteiger partial charge >= 0.3 is 0 Å². The number of methoxy groups -OCH3 is 1. The van der Waals surface area contributed by atoms with E-state index >= 15 is 0 Å². The van der Waals surface area contributed by atoms with Crippen molar-refractivity contribution in [3.05, 3.63) is 45.1 Å². The highest BCUT2D eigenvalue weighted by atomic mass is 35.5. The summed E-state index contributed by atoms with van der Waals surface area (Å²) in [5, 5.41) is 7.78. The second kappa shape index (κ2) is 6.85. The minimum atomic E-state index is -0.151. The molecule has 132 valence electrons. The predicted molar refractivity (Wildman–Crippen MR) is 98.9 cm³/mol. The van der Waals surface area contributed by atoms with E-state index in [0.29, 0.717) is 35.1 Å². The van der Waals surface area contributed by atoms with Gasteiger partial charge in [0.25, 0.3) is 5.56 Å². The molecule has 2 aromatic heterocycles. The number of anilines is 2. The number of halogens is 1. The van der Waals surface area contributed by atoms with Crippen molar-refractivity contribution in [2.75, 3.05) is 19.0 Å². The molecule has 0 saturated carbocycles. The highest BCUT2D eigenvalue weighted by molar-refractivity contribution is 6.34. The van der Waals surface area contributed by atoms with Crippen molar-refractivity contribution >= 4 is 34.0 Å². The first-order chi connectivity index (χ1) is 11.9. The molecule has 0 radical (unpaired) electrons. The average molecular weight is 362 g/mol. The molecule has 8 heteroatoms. The number of benzene rings is 1. The van der Waals surface area contributed by atoms with Crippen LogP contribution in [-0.4, -0.2) is 33.0 Å². The fourth-order valence-electron chi connectivity index (χ4n) is 2.75. The van der Waals surface area contributed by atoms with E-state index in [4.69, 9.17) is 16.3 Å². The van der Waals surface area contributed by atoms with Crippen LogP contribution in [-0.2, 0) is 18.3 Å². The van der Waals surface area contributed by atoms with E-state index in [1.807, 2.05) is 19.1 Å². The molecule has 0 aliphatic carbocycles. The third kappa shape index (κ3) is 3.25. The molecule has 0 amide bonds. The van der Waals surface area contributed by atoms with Crippen LogP contribution in [0.5, 0.6) is 0 Å². The Morgan fingerprint density at radius 3 is 2.76 bits per heavy atom. The molecule has 0 bridgehead atoms. The summed E-state index contributed by atoms with van der Waals surface area (Å²) in [4.78, 5) is 16.6. The Labute approximate surface area is 150 Å². The van der Waals surface area contributed by atoms with Crippen molar-refractivity contribution in [3.63, 3.8) is 0 Å². The van der Waals surface area contributed by atoms with Gasteiger partial charge in [0.2, 0.25) is 0 Å². The number of hydrogen-bond donors (Lipinski definition) is 1. The van der Waals surface area contributed by atoms with Crippen LogP contribution in [0.3, 0.4) is 0 Å². The summed E-state index contributed by atoms with van der Waals surface area (Å²) in [6.07, 6.45) is 1.61. The molecule has 2 heterocycles. The minimum absolute atomic E-state index is 0.151. The molecule has 0 saturated heterocycles. The number of nitrogens with one attached hydrogen (secondary N) is 1. The van der Waals surface area contributed by atoms with E-state index in [1.54, 1.807) is 27.3 Å². The van der Waals surface area contributed by atoms with Gasteiger partial charge in [0.1, 0.15) is 5.82 Å². The van der Waals surface area contributed by atoms with E-state index in [0.717, 1.165) is 16.9 Å². The van der Waals surface area contributed by atoms with Gasteiger partial charge in [0.05, 0.1) is 40.2 Å². The van der Waals surface area contributed by atoms with E-state index < -0.39 is 0 Å². The number of aryl methyl sites for hydroxylation is 2. The predicted octanol–water partition coefficient (Wildman–Crippen LogP) is 2.79. The monoisotopic (exact) mass is 361 g/mol. The lowest BCUT2D eigenvalue weighted by atomic mass is 10.2. The van der Waals surface area contributed by atoms with Crippen molar-refractivity contribution in [2.24, 2.45) is 7.05 Å². The summed E-state index contributed by atoms with van der Waals surface area (Å²) < 4.78 is 8.52. The molecule has 25 heavy (non-hydrogen) atoms. The van der Waals surface area contributed by atoms with Crippen LogP contribution in [0.4, 0.5) is 11.4 Å². The Morgan fingerprint density at radius 2 is 2.04 bits per heavy atom. The van der Waals surface area contributed by atoms with E-state index in [-0.39, 0.29) is 5.56 Å². The second-order valence-corrected chi connectivity index (χ2v) is 6.27. The van der Waals surface area contributed by atoms with Crippen LogP contribution < -0.4 is 10.9 Å². The maximum atomic E-state index is 12.0. The van der Waals surface area contributed by atoms with Crippen LogP contribution >= 0.6 is 11.6 Å². The van der Waals surface area contributed by atoms with Crippen molar-refractivity contribution in [1.82, 2.24) is 19.3 Å². The van der Waals surface area contributed by atoms with Gasteiger partial charge in [-0.3, -0.25) is 4.79 Å². The minimum Gasteiger partial charge on any atom is -0.383 e. The normalized spacial score (nSPS) is 11.2. The van der Waals surface area contributed by atoms with Gasteiger partial charge in [0, 0.05) is 26.3 Å². The number of ether oxygens (including phenoxy) is 1. The van der Waals surface area contributed by atoms with Gasteiger partial charge in [-0.15, -0.1) is 0 Å². The molecule has 0 aliphatic heterocycles. The molecular formula is C17H20ClN5O2. The summed E-state index contributed by atoms with van der Waals surface area (Å²) in [5.41, 5.74) is 3.51. The number of hydrogen-bond acceptors (Lipinski definition) is 5. The van der Waals surface area contributed by atoms with Gasteiger partial charge in [-0.1, -0.05) is 11.6 Å². The zero-order chi connectivity index (χ0) is 18.1. The summed E-state index contributed by atoms with van der Waals surface area (Å²) in [7, 11) is 3.29. The molecule has 3 aromatic rings. The highest BCUT2D eigenvalue weighted by Crippen LogP contribution is 2.31. The van der Waals surface area contributed by atoms with Gasteiger partial charge in [-0.2, -0.15) is 5.10 Å². The van der Waals surface area contributed by atoms with Crippen LogP contribution in [0.1, 0.15) is 11.4 Å². The standard InChI is InChI=1S/C17H20ClN5O2/c1-10-15(9-19-22(3)17(10)24)21-13-8-14-16(7-12(13)18)23(5-6-25-4)11(2)20-14/h7-9,21H,5-6H2,1-4H3. The number of nitrogens with zero attached hydrogens (tertiary/aromatic N) is 4. The fourth-order valence-corrected chi connectivity index (χ4v) is 2.95. The number of rotatable bonds is 5. The maximum Gasteiger partial charge on any atom is 0.271 e. The van der Waals surface area contributed by atoms with Crippen LogP contribution in [0.15, 0.2) is 23.1 Å². The summed E-state index contributed by atoms with van der Waals surface area (Å²) in [6.45, 7) is 5.01. The first-order valence-electron chi connectivity index (χ1n) is 7.87. The zero-order valence-corrected chi connectivity index (χ0v) is 15.4. The van der Waals surface area contributed by atoms with Gasteiger partial charge in [-0.05, 0) is 26.0 Å². The van der Waals surface area contributed by atoms with Gasteiger partial charge in [-0.25, -0.2) is 9.67 Å². The lowest BCUT2D eigenvalue weighted by molar-refractivity contribution is 0.187. The Bertz CT molecular complexity index is 993. The fraction of sp³-hybridized carbons (Fsp3) is 0.353. The molecule has 0 aliphatic rings. The highest BCUT2D eigenvalue weighted by Gasteiger charge is 2.13. The number of fused-ring (bicyclic) bond motifs is 1. The zero-order valence-electron chi connectivity index (χ0n) is 14.6. The second-order valence-electron chi connectivity index (χ2n) is 5.86. The molecule has 3 rings (SSSR count). The summed E-state index contributed by atoms with van der Waals surface area (Å²) in [5.74, 6) is 0.895. The van der Waals surface area contributed by atoms with E-state index in [9.17, 15) is 4.79 Å². The lowest BCUT2D eigenvalue weighted by Gasteiger charge is -2.12. The third-order valence-corrected chi connectivity index (χ3v) is 4.51. The molecule has 0 atom stereocenters. The number of aromatic nitrogens is 4. The molecule has 1 N–H and O–H groups in total. The van der Waals surface area contributed by atoms with E-state index in [1.165, 1.54) is 4.68 Å². The third-order valence-electron chi connectivity index (χ3n) is 4.20. The molecule has 0 spiro atoms. The number of imidazole rings is 1. The first kappa shape index (κ1) is 17.4. The summed E-state index contributed by atoms with van der Waals surface area (Å²) in [6, 6.07) is 3.75. The van der Waals surface area contributed by atoms with Crippen LogP contribution in [0, 0.1) is 13.8 Å². The van der Waals surface area contributed by atoms with Crippen molar-refractivity contribution in [3.8, 4) is 0 Å². The molecule has 0 fully saturated rings. The quantitative estimate of drug-likeness (QED) is 0.756. The van der Waals surface area contributed by atoms with Gasteiger partial charge < -0.3 is 14.6 Å². The average Bonchev–Trinajstić information content (AvgIpc) is 2.88. The Balaban J connectivity index is 2.02. The topological polar surface area (TPSA) is 74.0 Å². The first-order valence-corrected chi connectivity index (χ1v) is 8.25. The Hall–Kier alpha value is -2.38. The van der Waals surface area contributed by atoms with Crippen LogP contribution in [0.2, 0.25) is 5.02 Å². The largest absolute Gasteiger partial charge is 0.383 e. The molecular weight excluding hydrogens is 342 g/mol. The Kier molecular flexibility index (Phi) is 4.78. The molecule has 0 unspecified atom stereocenters. The summed E-state index contributed by atoms with van der Waals surface area (Å²) >= 11 is 6.45. The van der Waals surface area contributed by atoms with Crippen molar-refractivity contribution in [1.29, 1.82) is 0 Å². The lowest BCUT2D eigenvalue weighted by Crippen LogP contribution is -2.22. The van der Waals surface area contributed by atoms with Crippen molar-refractivity contribution in [2.45, 2.75) is 20.4 Å². The molecule has 7 nitrogen and oxygen atoms in total. The SMILES string of the molecule is COCCn1c(C)nc2cc(Nc3cnn(C)c(=O)c3C)c(Cl)cc21. The Morgan fingerprint density at radius 1 is 1.28 bits per heavy atom. The molecule has 1 aromatic carbocycles. The maximum absolute atomic E-state index is 12.0. The van der Waals surface area contributed by atoms with Crippen molar-refractivity contribution < 1.29 is 4.74 Å². The smallest absolute Gasteiger partial charge is 0.271 e.